The Labute approximate surface area is 67.0 Å². The molecule has 0 bridgehead atoms. The van der Waals surface area contributed by atoms with Crippen LogP contribution in [0.3, 0.4) is 0 Å². The molecule has 0 aliphatic heterocycles. The summed E-state index contributed by atoms with van der Waals surface area (Å²) >= 11 is 0. The zero-order chi connectivity index (χ0) is 8.10. The highest BCUT2D eigenvalue weighted by atomic mass is 15.5. The van der Waals surface area contributed by atoms with Crippen LogP contribution in [0, 0.1) is 5.92 Å². The smallest absolute Gasteiger partial charge is 0.124 e. The Balaban J connectivity index is 2.38. The Morgan fingerprint density at radius 1 is 1.27 bits per heavy atom. The lowest BCUT2D eigenvalue weighted by atomic mass is 9.89. The highest BCUT2D eigenvalue weighted by Gasteiger charge is 2.16. The molecule has 0 aromatic heterocycles. The maximum Gasteiger partial charge on any atom is 0.124 e. The second-order valence-corrected chi connectivity index (χ2v) is 3.00. The fourth-order valence-corrected chi connectivity index (χ4v) is 1.56. The predicted octanol–water partition coefficient (Wildman–Crippen LogP) is 0.302. The number of amidine groups is 1. The summed E-state index contributed by atoms with van der Waals surface area (Å²) in [4.78, 5) is 0. The van der Waals surface area contributed by atoms with Gasteiger partial charge in [0, 0.05) is 5.92 Å². The molecule has 0 spiro atoms. The third kappa shape index (κ3) is 2.38. The summed E-state index contributed by atoms with van der Waals surface area (Å²) in [5.74, 6) is 6.14. The van der Waals surface area contributed by atoms with E-state index in [0.717, 1.165) is 12.8 Å². The Kier molecular flexibility index (Phi) is 3.16. The van der Waals surface area contributed by atoms with Crippen LogP contribution < -0.4 is 17.1 Å². The van der Waals surface area contributed by atoms with Crippen LogP contribution in [0.4, 0.5) is 0 Å². The Morgan fingerprint density at radius 2 is 1.91 bits per heavy atom. The van der Waals surface area contributed by atoms with Gasteiger partial charge in [-0.1, -0.05) is 19.3 Å². The van der Waals surface area contributed by atoms with Crippen molar-refractivity contribution >= 4 is 5.84 Å². The molecule has 0 saturated heterocycles. The normalized spacial score (nSPS) is 21.7. The molecule has 4 heteroatoms. The van der Waals surface area contributed by atoms with Crippen molar-refractivity contribution < 1.29 is 0 Å². The zero-order valence-corrected chi connectivity index (χ0v) is 6.71. The molecule has 0 atom stereocenters. The van der Waals surface area contributed by atoms with Crippen molar-refractivity contribution in [2.45, 2.75) is 32.1 Å². The Hall–Kier alpha value is -0.770. The van der Waals surface area contributed by atoms with Crippen molar-refractivity contribution in [3.8, 4) is 0 Å². The third-order valence-electron chi connectivity index (χ3n) is 2.22. The van der Waals surface area contributed by atoms with Gasteiger partial charge >= 0.3 is 0 Å². The van der Waals surface area contributed by atoms with Gasteiger partial charge in [0.2, 0.25) is 0 Å². The largest absolute Gasteiger partial charge is 0.385 e. The van der Waals surface area contributed by atoms with Gasteiger partial charge in [0.1, 0.15) is 5.84 Å². The maximum absolute atomic E-state index is 5.67. The fraction of sp³-hybridized carbons (Fsp3) is 0.857. The van der Waals surface area contributed by atoms with Crippen molar-refractivity contribution in [1.82, 2.24) is 5.53 Å². The van der Waals surface area contributed by atoms with E-state index < -0.39 is 0 Å². The summed E-state index contributed by atoms with van der Waals surface area (Å²) in [6.07, 6.45) is 6.20. The van der Waals surface area contributed by atoms with E-state index in [-0.39, 0.29) is 0 Å². The number of hydrogen-bond donors (Lipinski definition) is 3. The van der Waals surface area contributed by atoms with Gasteiger partial charge in [-0.05, 0) is 12.8 Å². The van der Waals surface area contributed by atoms with Crippen LogP contribution in [0.15, 0.2) is 5.10 Å². The van der Waals surface area contributed by atoms with Crippen LogP contribution in [0.25, 0.3) is 0 Å². The molecule has 1 rings (SSSR count). The first-order chi connectivity index (χ1) is 5.34. The summed E-state index contributed by atoms with van der Waals surface area (Å²) in [6, 6.07) is 0. The van der Waals surface area contributed by atoms with Gasteiger partial charge in [-0.2, -0.15) is 5.10 Å². The average molecular weight is 156 g/mol. The van der Waals surface area contributed by atoms with E-state index in [1.165, 1.54) is 19.3 Å². The molecule has 11 heavy (non-hydrogen) atoms. The van der Waals surface area contributed by atoms with Gasteiger partial charge in [-0.25, -0.2) is 11.4 Å². The fourth-order valence-electron chi connectivity index (χ4n) is 1.56. The standard InChI is InChI=1S/C7H16N4/c8-7(10-11-9)6-4-2-1-3-5-6/h6,11H,1-5,9H2,(H2,8,10). The van der Waals surface area contributed by atoms with Gasteiger partial charge in [0.15, 0.2) is 0 Å². The molecule has 0 unspecified atom stereocenters. The monoisotopic (exact) mass is 156 g/mol. The second-order valence-electron chi connectivity index (χ2n) is 3.00. The van der Waals surface area contributed by atoms with Crippen LogP contribution in [0.2, 0.25) is 0 Å². The van der Waals surface area contributed by atoms with Gasteiger partial charge in [0.05, 0.1) is 0 Å². The lowest BCUT2D eigenvalue weighted by molar-refractivity contribution is 0.435. The SMILES string of the molecule is NN/N=C(\N)C1CCCCC1. The maximum atomic E-state index is 5.67. The lowest BCUT2D eigenvalue weighted by Crippen LogP contribution is -2.30. The molecular formula is C7H16N4. The highest BCUT2D eigenvalue weighted by molar-refractivity contribution is 5.82. The first-order valence-corrected chi connectivity index (χ1v) is 4.13. The number of nitrogens with zero attached hydrogens (tertiary/aromatic N) is 1. The van der Waals surface area contributed by atoms with Crippen LogP contribution in [-0.4, -0.2) is 5.84 Å². The summed E-state index contributed by atoms with van der Waals surface area (Å²) in [5.41, 5.74) is 7.89. The molecule has 4 nitrogen and oxygen atoms in total. The number of nitrogens with two attached hydrogens (primary N) is 2. The zero-order valence-electron chi connectivity index (χ0n) is 6.71. The molecule has 0 heterocycles. The van der Waals surface area contributed by atoms with E-state index in [0.29, 0.717) is 11.8 Å². The van der Waals surface area contributed by atoms with E-state index in [1.807, 2.05) is 0 Å². The quantitative estimate of drug-likeness (QED) is 0.233. The molecule has 0 aromatic carbocycles. The minimum atomic E-state index is 0.458. The van der Waals surface area contributed by atoms with Crippen LogP contribution >= 0.6 is 0 Å². The van der Waals surface area contributed by atoms with Crippen molar-refractivity contribution in [3.05, 3.63) is 0 Å². The number of hydrazine groups is 1. The molecule has 0 amide bonds. The summed E-state index contributed by atoms with van der Waals surface area (Å²) in [5, 5.41) is 3.77. The van der Waals surface area contributed by atoms with Gasteiger partial charge in [-0.15, -0.1) is 0 Å². The van der Waals surface area contributed by atoms with E-state index in [1.54, 1.807) is 0 Å². The topological polar surface area (TPSA) is 76.4 Å². The molecule has 1 aliphatic carbocycles. The number of hydrogen-bond acceptors (Lipinski definition) is 3. The Bertz CT molecular complexity index is 137. The summed E-state index contributed by atoms with van der Waals surface area (Å²) in [7, 11) is 0. The predicted molar refractivity (Wildman–Crippen MR) is 45.5 cm³/mol. The van der Waals surface area contributed by atoms with Crippen LogP contribution in [0.1, 0.15) is 32.1 Å². The minimum absolute atomic E-state index is 0.458. The molecule has 1 saturated carbocycles. The van der Waals surface area contributed by atoms with E-state index in [9.17, 15) is 0 Å². The first kappa shape index (κ1) is 8.33. The van der Waals surface area contributed by atoms with E-state index in [2.05, 4.69) is 10.6 Å². The van der Waals surface area contributed by atoms with Crippen LogP contribution in [0.5, 0.6) is 0 Å². The molecule has 1 fully saturated rings. The molecular weight excluding hydrogens is 140 g/mol. The highest BCUT2D eigenvalue weighted by Crippen LogP contribution is 2.23. The summed E-state index contributed by atoms with van der Waals surface area (Å²) in [6.45, 7) is 0. The third-order valence-corrected chi connectivity index (χ3v) is 2.22. The molecule has 0 radical (unpaired) electrons. The lowest BCUT2D eigenvalue weighted by Gasteiger charge is -2.20. The van der Waals surface area contributed by atoms with E-state index in [4.69, 9.17) is 11.6 Å². The van der Waals surface area contributed by atoms with Gasteiger partial charge in [-0.3, -0.25) is 0 Å². The average Bonchev–Trinajstić information content (AvgIpc) is 2.07. The van der Waals surface area contributed by atoms with Crippen molar-refractivity contribution in [1.29, 1.82) is 0 Å². The van der Waals surface area contributed by atoms with Crippen molar-refractivity contribution in [2.75, 3.05) is 0 Å². The van der Waals surface area contributed by atoms with Gasteiger partial charge < -0.3 is 5.73 Å². The number of rotatable bonds is 2. The summed E-state index contributed by atoms with van der Waals surface area (Å²) < 4.78 is 0. The Morgan fingerprint density at radius 3 is 2.45 bits per heavy atom. The molecule has 64 valence electrons. The number of nitrogens with one attached hydrogen (secondary N) is 1. The molecule has 5 N–H and O–H groups in total. The second kappa shape index (κ2) is 4.18. The first-order valence-electron chi connectivity index (χ1n) is 4.13. The van der Waals surface area contributed by atoms with Crippen molar-refractivity contribution in [3.63, 3.8) is 0 Å². The minimum Gasteiger partial charge on any atom is -0.385 e. The number of hydrazone groups is 1. The van der Waals surface area contributed by atoms with E-state index >= 15 is 0 Å². The molecule has 0 aromatic rings. The van der Waals surface area contributed by atoms with Gasteiger partial charge in [0.25, 0.3) is 0 Å². The van der Waals surface area contributed by atoms with Crippen molar-refractivity contribution in [2.24, 2.45) is 22.6 Å². The van der Waals surface area contributed by atoms with Crippen LogP contribution in [-0.2, 0) is 0 Å². The molecule has 1 aliphatic rings.